The van der Waals surface area contributed by atoms with Crippen molar-refractivity contribution in [2.24, 2.45) is 0 Å². The Kier molecular flexibility index (Phi) is 4.04. The van der Waals surface area contributed by atoms with Gasteiger partial charge in [-0.05, 0) is 42.5 Å². The van der Waals surface area contributed by atoms with E-state index in [2.05, 4.69) is 15.9 Å². The van der Waals surface area contributed by atoms with Gasteiger partial charge >= 0.3 is 0 Å². The summed E-state index contributed by atoms with van der Waals surface area (Å²) in [6.07, 6.45) is -0.318. The molecule has 1 aliphatic heterocycles. The maximum atomic E-state index is 12.5. The van der Waals surface area contributed by atoms with Crippen LogP contribution in [-0.4, -0.2) is 23.8 Å². The van der Waals surface area contributed by atoms with Gasteiger partial charge in [-0.3, -0.25) is 9.59 Å². The van der Waals surface area contributed by atoms with E-state index in [0.29, 0.717) is 21.8 Å². The molecule has 0 bridgehead atoms. The molecule has 2 aromatic carbocycles. The maximum absolute atomic E-state index is 12.5. The molecule has 0 aliphatic carbocycles. The molecule has 0 saturated heterocycles. The number of carbonyl (C=O) groups is 2. The minimum atomic E-state index is -1.86. The lowest BCUT2D eigenvalue weighted by atomic mass is 9.88. The smallest absolute Gasteiger partial charge is 0.263 e. The van der Waals surface area contributed by atoms with Crippen LogP contribution in [0.5, 0.6) is 0 Å². The molecule has 23 heavy (non-hydrogen) atoms. The fraction of sp³-hybridized carbons (Fsp3) is 0.176. The Morgan fingerprint density at radius 1 is 1.26 bits per heavy atom. The van der Waals surface area contributed by atoms with E-state index < -0.39 is 11.5 Å². The fourth-order valence-electron chi connectivity index (χ4n) is 2.78. The molecular weight excluding hydrogens is 382 g/mol. The SMILES string of the molecule is CN1C(=O)C(O)(CC(=O)c2ccc(Cl)cc2)c2cc(Br)ccc21. The summed E-state index contributed by atoms with van der Waals surface area (Å²) in [5, 5.41) is 11.5. The molecule has 4 nitrogen and oxygen atoms in total. The molecule has 6 heteroatoms. The second-order valence-electron chi connectivity index (χ2n) is 5.49. The minimum Gasteiger partial charge on any atom is -0.375 e. The third kappa shape index (κ3) is 2.69. The second-order valence-corrected chi connectivity index (χ2v) is 6.84. The molecule has 0 fully saturated rings. The van der Waals surface area contributed by atoms with Crippen LogP contribution in [0.2, 0.25) is 5.02 Å². The molecule has 1 N–H and O–H groups in total. The summed E-state index contributed by atoms with van der Waals surface area (Å²) >= 11 is 9.15. The Labute approximate surface area is 146 Å². The average molecular weight is 395 g/mol. The lowest BCUT2D eigenvalue weighted by Gasteiger charge is -2.21. The zero-order valence-electron chi connectivity index (χ0n) is 12.2. The Bertz CT molecular complexity index is 806. The number of aliphatic hydroxyl groups is 1. The first kappa shape index (κ1) is 16.2. The number of benzene rings is 2. The summed E-state index contributed by atoms with van der Waals surface area (Å²) in [6.45, 7) is 0. The largest absolute Gasteiger partial charge is 0.375 e. The minimum absolute atomic E-state index is 0.318. The number of anilines is 1. The third-order valence-corrected chi connectivity index (χ3v) is 4.75. The number of likely N-dealkylation sites (N-methyl/N-ethyl adjacent to an activating group) is 1. The van der Waals surface area contributed by atoms with Crippen LogP contribution in [0.3, 0.4) is 0 Å². The molecule has 0 spiro atoms. The number of fused-ring (bicyclic) bond motifs is 1. The molecular formula is C17H13BrClNO3. The summed E-state index contributed by atoms with van der Waals surface area (Å²) in [7, 11) is 1.58. The fourth-order valence-corrected chi connectivity index (χ4v) is 3.26. The van der Waals surface area contributed by atoms with Gasteiger partial charge in [0, 0.05) is 27.7 Å². The highest BCUT2D eigenvalue weighted by atomic mass is 79.9. The molecule has 118 valence electrons. The Hall–Kier alpha value is -1.69. The summed E-state index contributed by atoms with van der Waals surface area (Å²) in [5.74, 6) is -0.827. The summed E-state index contributed by atoms with van der Waals surface area (Å²) in [6, 6.07) is 11.6. The zero-order valence-corrected chi connectivity index (χ0v) is 14.6. The van der Waals surface area contributed by atoms with Crippen LogP contribution in [0.15, 0.2) is 46.9 Å². The van der Waals surface area contributed by atoms with Crippen molar-refractivity contribution in [1.29, 1.82) is 0 Å². The van der Waals surface area contributed by atoms with Crippen LogP contribution in [0, 0.1) is 0 Å². The Morgan fingerprint density at radius 2 is 1.91 bits per heavy atom. The molecule has 1 aliphatic rings. The normalized spacial score (nSPS) is 19.8. The first-order valence-electron chi connectivity index (χ1n) is 6.92. The van der Waals surface area contributed by atoms with Crippen LogP contribution in [0.25, 0.3) is 0 Å². The first-order chi connectivity index (χ1) is 10.8. The molecule has 0 aromatic heterocycles. The van der Waals surface area contributed by atoms with E-state index in [9.17, 15) is 14.7 Å². The quantitative estimate of drug-likeness (QED) is 0.810. The van der Waals surface area contributed by atoms with Crippen LogP contribution in [0.4, 0.5) is 5.69 Å². The van der Waals surface area contributed by atoms with Crippen LogP contribution in [0.1, 0.15) is 22.3 Å². The topological polar surface area (TPSA) is 57.6 Å². The number of hydrogen-bond donors (Lipinski definition) is 1. The number of rotatable bonds is 3. The molecule has 1 unspecified atom stereocenters. The number of nitrogens with zero attached hydrogens (tertiary/aromatic N) is 1. The highest BCUT2D eigenvalue weighted by molar-refractivity contribution is 9.10. The standard InChI is InChI=1S/C17H13BrClNO3/c1-20-14-7-4-11(18)8-13(14)17(23,16(20)22)9-15(21)10-2-5-12(19)6-3-10/h2-8,23H,9H2,1H3. The van der Waals surface area contributed by atoms with E-state index in [1.165, 1.54) is 4.90 Å². The van der Waals surface area contributed by atoms with E-state index in [4.69, 9.17) is 11.6 Å². The lowest BCUT2D eigenvalue weighted by Crippen LogP contribution is -2.40. The molecule has 3 rings (SSSR count). The van der Waals surface area contributed by atoms with Crippen molar-refractivity contribution in [1.82, 2.24) is 0 Å². The van der Waals surface area contributed by atoms with Gasteiger partial charge in [-0.2, -0.15) is 0 Å². The highest BCUT2D eigenvalue weighted by Crippen LogP contribution is 2.43. The van der Waals surface area contributed by atoms with Gasteiger partial charge in [0.25, 0.3) is 5.91 Å². The number of Topliss-reactive ketones (excluding diaryl/α,β-unsaturated/α-hetero) is 1. The average Bonchev–Trinajstić information content (AvgIpc) is 2.70. The summed E-state index contributed by atoms with van der Waals surface area (Å²) < 4.78 is 0.733. The van der Waals surface area contributed by atoms with Gasteiger partial charge in [0.1, 0.15) is 0 Å². The van der Waals surface area contributed by atoms with Gasteiger partial charge in [0.15, 0.2) is 11.4 Å². The molecule has 1 amide bonds. The second kappa shape index (κ2) is 5.74. The van der Waals surface area contributed by atoms with Crippen molar-refractivity contribution in [2.45, 2.75) is 12.0 Å². The highest BCUT2D eigenvalue weighted by Gasteiger charge is 2.49. The van der Waals surface area contributed by atoms with Crippen molar-refractivity contribution < 1.29 is 14.7 Å². The van der Waals surface area contributed by atoms with Gasteiger partial charge in [-0.1, -0.05) is 27.5 Å². The number of carbonyl (C=O) groups excluding carboxylic acids is 2. The first-order valence-corrected chi connectivity index (χ1v) is 8.09. The van der Waals surface area contributed by atoms with Gasteiger partial charge in [-0.15, -0.1) is 0 Å². The van der Waals surface area contributed by atoms with E-state index in [0.717, 1.165) is 4.47 Å². The van der Waals surface area contributed by atoms with Gasteiger partial charge in [0.05, 0.1) is 12.1 Å². The predicted octanol–water partition coefficient (Wildman–Crippen LogP) is 3.54. The molecule has 1 atom stereocenters. The van der Waals surface area contributed by atoms with Crippen molar-refractivity contribution in [2.75, 3.05) is 11.9 Å². The van der Waals surface area contributed by atoms with E-state index >= 15 is 0 Å². The summed E-state index contributed by atoms with van der Waals surface area (Å²) in [4.78, 5) is 26.4. The molecule has 2 aromatic rings. The van der Waals surface area contributed by atoms with Crippen molar-refractivity contribution >= 4 is 44.9 Å². The number of halogens is 2. The number of ketones is 1. The van der Waals surface area contributed by atoms with Gasteiger partial charge in [0.2, 0.25) is 0 Å². The van der Waals surface area contributed by atoms with Crippen molar-refractivity contribution in [3.8, 4) is 0 Å². The Balaban J connectivity index is 1.98. The molecule has 1 heterocycles. The van der Waals surface area contributed by atoms with Gasteiger partial charge in [-0.25, -0.2) is 0 Å². The van der Waals surface area contributed by atoms with Crippen molar-refractivity contribution in [3.63, 3.8) is 0 Å². The third-order valence-electron chi connectivity index (χ3n) is 4.01. The molecule has 0 saturated carbocycles. The maximum Gasteiger partial charge on any atom is 0.263 e. The lowest BCUT2D eigenvalue weighted by molar-refractivity contribution is -0.135. The van der Waals surface area contributed by atoms with Gasteiger partial charge < -0.3 is 10.0 Å². The zero-order chi connectivity index (χ0) is 16.8. The number of hydrogen-bond acceptors (Lipinski definition) is 3. The van der Waals surface area contributed by atoms with E-state index in [-0.39, 0.29) is 12.2 Å². The monoisotopic (exact) mass is 393 g/mol. The van der Waals surface area contributed by atoms with Crippen LogP contribution < -0.4 is 4.90 Å². The van der Waals surface area contributed by atoms with Crippen molar-refractivity contribution in [3.05, 3.63) is 63.1 Å². The van der Waals surface area contributed by atoms with Crippen LogP contribution >= 0.6 is 27.5 Å². The van der Waals surface area contributed by atoms with Crippen LogP contribution in [-0.2, 0) is 10.4 Å². The summed E-state index contributed by atoms with van der Waals surface area (Å²) in [5.41, 5.74) is -0.419. The number of amides is 1. The molecule has 0 radical (unpaired) electrons. The Morgan fingerprint density at radius 3 is 2.57 bits per heavy atom. The van der Waals surface area contributed by atoms with E-state index in [1.807, 2.05) is 0 Å². The van der Waals surface area contributed by atoms with E-state index in [1.54, 1.807) is 49.5 Å². The predicted molar refractivity (Wildman–Crippen MR) is 91.8 cm³/mol.